The standard InChI is InChI=1S/C10H10N4O3S/c1-6-5-17-10(12-6)18-9-4-7(14(15)16)3-8(11-2)13-9/h3-5H,1-2H3,(H,11,13). The van der Waals surface area contributed by atoms with E-state index in [0.717, 1.165) is 17.5 Å². The van der Waals surface area contributed by atoms with Gasteiger partial charge in [-0.2, -0.15) is 0 Å². The molecule has 0 fully saturated rings. The Morgan fingerprint density at radius 3 is 2.78 bits per heavy atom. The molecule has 0 unspecified atom stereocenters. The Balaban J connectivity index is 2.32. The van der Waals surface area contributed by atoms with Crippen LogP contribution in [-0.2, 0) is 0 Å². The highest BCUT2D eigenvalue weighted by molar-refractivity contribution is 7.99. The SMILES string of the molecule is CNc1cc([N+](=O)[O-])cc(Sc2nc(C)co2)n1. The molecule has 2 rings (SSSR count). The summed E-state index contributed by atoms with van der Waals surface area (Å²) in [6.07, 6.45) is 1.51. The number of aryl methyl sites for hydroxylation is 1. The fraction of sp³-hybridized carbons (Fsp3) is 0.200. The quantitative estimate of drug-likeness (QED) is 0.671. The van der Waals surface area contributed by atoms with Gasteiger partial charge in [-0.25, -0.2) is 9.97 Å². The molecule has 0 bridgehead atoms. The summed E-state index contributed by atoms with van der Waals surface area (Å²) in [6.45, 7) is 1.80. The van der Waals surface area contributed by atoms with Crippen molar-refractivity contribution in [2.75, 3.05) is 12.4 Å². The lowest BCUT2D eigenvalue weighted by molar-refractivity contribution is -0.385. The first-order chi connectivity index (χ1) is 8.58. The summed E-state index contributed by atoms with van der Waals surface area (Å²) in [5.41, 5.74) is 0.719. The van der Waals surface area contributed by atoms with Crippen LogP contribution in [0, 0.1) is 17.0 Å². The fourth-order valence-corrected chi connectivity index (χ4v) is 2.03. The molecule has 0 aliphatic heterocycles. The second-order valence-corrected chi connectivity index (χ2v) is 4.38. The highest BCUT2D eigenvalue weighted by Crippen LogP contribution is 2.29. The summed E-state index contributed by atoms with van der Waals surface area (Å²) in [5.74, 6) is 0.426. The normalized spacial score (nSPS) is 10.3. The third-order valence-corrected chi connectivity index (χ3v) is 2.82. The van der Waals surface area contributed by atoms with Gasteiger partial charge in [0.15, 0.2) is 0 Å². The number of nitrogens with zero attached hydrogens (tertiary/aromatic N) is 3. The molecular formula is C10H10N4O3S. The lowest BCUT2D eigenvalue weighted by Gasteiger charge is -2.02. The van der Waals surface area contributed by atoms with E-state index in [9.17, 15) is 10.1 Å². The smallest absolute Gasteiger partial charge is 0.275 e. The zero-order valence-corrected chi connectivity index (χ0v) is 10.5. The van der Waals surface area contributed by atoms with Crippen molar-refractivity contribution in [1.82, 2.24) is 9.97 Å². The molecule has 2 aromatic heterocycles. The summed E-state index contributed by atoms with van der Waals surface area (Å²) in [6, 6.07) is 2.75. The first kappa shape index (κ1) is 12.4. The van der Waals surface area contributed by atoms with Gasteiger partial charge in [0.05, 0.1) is 16.7 Å². The van der Waals surface area contributed by atoms with Gasteiger partial charge in [-0.05, 0) is 18.7 Å². The van der Waals surface area contributed by atoms with Gasteiger partial charge in [0.25, 0.3) is 10.9 Å². The van der Waals surface area contributed by atoms with Gasteiger partial charge in [0, 0.05) is 13.1 Å². The lowest BCUT2D eigenvalue weighted by Crippen LogP contribution is -1.96. The van der Waals surface area contributed by atoms with Gasteiger partial charge in [-0.3, -0.25) is 10.1 Å². The van der Waals surface area contributed by atoms with E-state index in [1.165, 1.54) is 18.4 Å². The van der Waals surface area contributed by atoms with Crippen LogP contribution >= 0.6 is 11.8 Å². The number of anilines is 1. The Hall–Kier alpha value is -2.09. The van der Waals surface area contributed by atoms with E-state index < -0.39 is 4.92 Å². The van der Waals surface area contributed by atoms with Crippen molar-refractivity contribution in [3.63, 3.8) is 0 Å². The number of pyridine rings is 1. The van der Waals surface area contributed by atoms with E-state index in [4.69, 9.17) is 4.42 Å². The molecular weight excluding hydrogens is 256 g/mol. The minimum absolute atomic E-state index is 0.0277. The van der Waals surface area contributed by atoms with Crippen molar-refractivity contribution in [1.29, 1.82) is 0 Å². The predicted molar refractivity (Wildman–Crippen MR) is 65.8 cm³/mol. The van der Waals surface area contributed by atoms with Crippen molar-refractivity contribution in [2.24, 2.45) is 0 Å². The maximum atomic E-state index is 10.8. The molecule has 0 radical (unpaired) electrons. The highest BCUT2D eigenvalue weighted by Gasteiger charge is 2.13. The van der Waals surface area contributed by atoms with Crippen LogP contribution in [0.25, 0.3) is 0 Å². The fourth-order valence-electron chi connectivity index (χ4n) is 1.25. The molecule has 0 saturated heterocycles. The number of rotatable bonds is 4. The first-order valence-electron chi connectivity index (χ1n) is 5.02. The average molecular weight is 266 g/mol. The molecule has 0 aromatic carbocycles. The van der Waals surface area contributed by atoms with E-state index in [-0.39, 0.29) is 5.69 Å². The average Bonchev–Trinajstić information content (AvgIpc) is 2.74. The van der Waals surface area contributed by atoms with Crippen LogP contribution in [0.3, 0.4) is 0 Å². The second kappa shape index (κ2) is 5.05. The van der Waals surface area contributed by atoms with Gasteiger partial charge in [0.1, 0.15) is 17.1 Å². The third-order valence-electron chi connectivity index (χ3n) is 2.04. The van der Waals surface area contributed by atoms with Gasteiger partial charge < -0.3 is 9.73 Å². The van der Waals surface area contributed by atoms with Crippen LogP contribution in [0.1, 0.15) is 5.69 Å². The van der Waals surface area contributed by atoms with Crippen LogP contribution in [0.2, 0.25) is 0 Å². The minimum Gasteiger partial charge on any atom is -0.439 e. The van der Waals surface area contributed by atoms with Gasteiger partial charge in [-0.15, -0.1) is 0 Å². The number of hydrogen-bond acceptors (Lipinski definition) is 7. The molecule has 0 spiro atoms. The number of aromatic nitrogens is 2. The van der Waals surface area contributed by atoms with Crippen LogP contribution in [0.15, 0.2) is 33.1 Å². The van der Waals surface area contributed by atoms with Crippen molar-refractivity contribution in [3.8, 4) is 0 Å². The van der Waals surface area contributed by atoms with Crippen molar-refractivity contribution < 1.29 is 9.34 Å². The molecule has 8 heteroatoms. The van der Waals surface area contributed by atoms with Crippen LogP contribution < -0.4 is 5.32 Å². The topological polar surface area (TPSA) is 94.1 Å². The molecule has 0 atom stereocenters. The zero-order valence-electron chi connectivity index (χ0n) is 9.71. The summed E-state index contributed by atoms with van der Waals surface area (Å²) in [7, 11) is 1.65. The molecule has 2 aromatic rings. The van der Waals surface area contributed by atoms with E-state index in [2.05, 4.69) is 15.3 Å². The van der Waals surface area contributed by atoms with E-state index in [1.54, 1.807) is 14.0 Å². The van der Waals surface area contributed by atoms with Crippen LogP contribution in [0.4, 0.5) is 11.5 Å². The molecule has 0 aliphatic carbocycles. The molecule has 7 nitrogen and oxygen atoms in total. The summed E-state index contributed by atoms with van der Waals surface area (Å²) < 4.78 is 5.16. The van der Waals surface area contributed by atoms with Gasteiger partial charge >= 0.3 is 0 Å². The maximum Gasteiger partial charge on any atom is 0.275 e. The van der Waals surface area contributed by atoms with Gasteiger partial charge in [-0.1, -0.05) is 0 Å². The van der Waals surface area contributed by atoms with Gasteiger partial charge in [0.2, 0.25) is 0 Å². The number of oxazole rings is 1. The maximum absolute atomic E-state index is 10.8. The summed E-state index contributed by atoms with van der Waals surface area (Å²) in [5, 5.41) is 14.4. The molecule has 94 valence electrons. The molecule has 18 heavy (non-hydrogen) atoms. The number of nitrogens with one attached hydrogen (secondary N) is 1. The number of hydrogen-bond donors (Lipinski definition) is 1. The van der Waals surface area contributed by atoms with E-state index >= 15 is 0 Å². The first-order valence-corrected chi connectivity index (χ1v) is 5.84. The largest absolute Gasteiger partial charge is 0.439 e. The Labute approximate surface area is 107 Å². The Morgan fingerprint density at radius 2 is 2.22 bits per heavy atom. The van der Waals surface area contributed by atoms with Crippen LogP contribution in [0.5, 0.6) is 0 Å². The van der Waals surface area contributed by atoms with Crippen molar-refractivity contribution >= 4 is 23.3 Å². The summed E-state index contributed by atoms with van der Waals surface area (Å²) >= 11 is 1.14. The predicted octanol–water partition coefficient (Wildman–Crippen LogP) is 2.48. The van der Waals surface area contributed by atoms with Crippen LogP contribution in [-0.4, -0.2) is 21.9 Å². The number of nitro groups is 1. The second-order valence-electron chi connectivity index (χ2n) is 3.41. The monoisotopic (exact) mass is 266 g/mol. The molecule has 0 aliphatic rings. The Bertz CT molecular complexity index is 584. The zero-order chi connectivity index (χ0) is 13.1. The highest BCUT2D eigenvalue weighted by atomic mass is 32.2. The lowest BCUT2D eigenvalue weighted by atomic mass is 10.4. The Kier molecular flexibility index (Phi) is 3.47. The third kappa shape index (κ3) is 2.77. The molecule has 0 amide bonds. The van der Waals surface area contributed by atoms with E-state index in [1.807, 2.05) is 0 Å². The Morgan fingerprint density at radius 1 is 1.44 bits per heavy atom. The van der Waals surface area contributed by atoms with E-state index in [0.29, 0.717) is 16.1 Å². The summed E-state index contributed by atoms with van der Waals surface area (Å²) in [4.78, 5) is 18.6. The van der Waals surface area contributed by atoms with Crippen molar-refractivity contribution in [3.05, 3.63) is 34.2 Å². The molecule has 2 heterocycles. The molecule has 0 saturated carbocycles. The minimum atomic E-state index is -0.465. The van der Waals surface area contributed by atoms with Crippen molar-refractivity contribution in [2.45, 2.75) is 17.2 Å². The molecule has 1 N–H and O–H groups in total.